The van der Waals surface area contributed by atoms with E-state index in [1.165, 1.54) is 16.9 Å². The van der Waals surface area contributed by atoms with Gasteiger partial charge in [-0.15, -0.1) is 0 Å². The van der Waals surface area contributed by atoms with Crippen LogP contribution in [-0.4, -0.2) is 22.5 Å². The summed E-state index contributed by atoms with van der Waals surface area (Å²) in [5.74, 6) is 0.553. The van der Waals surface area contributed by atoms with E-state index in [0.29, 0.717) is 17.4 Å². The molecule has 1 amide bonds. The van der Waals surface area contributed by atoms with Crippen LogP contribution in [-0.2, 0) is 11.3 Å². The van der Waals surface area contributed by atoms with E-state index >= 15 is 0 Å². The van der Waals surface area contributed by atoms with Crippen molar-refractivity contribution in [2.24, 2.45) is 0 Å². The van der Waals surface area contributed by atoms with Crippen LogP contribution in [0, 0.1) is 20.8 Å². The summed E-state index contributed by atoms with van der Waals surface area (Å²) in [5.41, 5.74) is 5.05. The maximum Gasteiger partial charge on any atom is 0.267 e. The van der Waals surface area contributed by atoms with Crippen LogP contribution in [0.2, 0.25) is 0 Å². The van der Waals surface area contributed by atoms with E-state index in [4.69, 9.17) is 9.72 Å². The highest BCUT2D eigenvalue weighted by Gasteiger charge is 2.22. The molecule has 2 aromatic heterocycles. The summed E-state index contributed by atoms with van der Waals surface area (Å²) in [6, 6.07) is 17.5. The highest BCUT2D eigenvalue weighted by atomic mass is 32.1. The molecule has 0 N–H and O–H groups in total. The highest BCUT2D eigenvalue weighted by molar-refractivity contribution is 7.22. The minimum atomic E-state index is -0.155. The average molecular weight is 418 g/mol. The SMILES string of the molecule is Cc1ccccc1OCC(=O)N(Cc1ccccn1)c1nc2c(C)c(C)ccc2s1. The third-order valence-corrected chi connectivity index (χ3v) is 6.14. The van der Waals surface area contributed by atoms with Crippen LogP contribution in [0.25, 0.3) is 10.2 Å². The molecular weight excluding hydrogens is 394 g/mol. The predicted molar refractivity (Wildman–Crippen MR) is 121 cm³/mol. The van der Waals surface area contributed by atoms with Crippen LogP contribution >= 0.6 is 11.3 Å². The molecule has 0 unspecified atom stereocenters. The van der Waals surface area contributed by atoms with Gasteiger partial charge in [0.25, 0.3) is 5.91 Å². The average Bonchev–Trinajstić information content (AvgIpc) is 3.19. The first kappa shape index (κ1) is 20.0. The Balaban J connectivity index is 1.65. The van der Waals surface area contributed by atoms with E-state index in [9.17, 15) is 4.79 Å². The normalized spacial score (nSPS) is 10.9. The number of carbonyl (C=O) groups is 1. The number of hydrogen-bond donors (Lipinski definition) is 0. The summed E-state index contributed by atoms with van der Waals surface area (Å²) in [7, 11) is 0. The van der Waals surface area contributed by atoms with E-state index in [1.807, 2.05) is 49.4 Å². The van der Waals surface area contributed by atoms with Gasteiger partial charge in [0.05, 0.1) is 22.5 Å². The zero-order valence-corrected chi connectivity index (χ0v) is 18.1. The van der Waals surface area contributed by atoms with Gasteiger partial charge >= 0.3 is 0 Å². The molecule has 0 bridgehead atoms. The molecule has 0 aliphatic carbocycles. The fourth-order valence-corrected chi connectivity index (χ4v) is 4.22. The number of anilines is 1. The van der Waals surface area contributed by atoms with Crippen LogP contribution in [0.3, 0.4) is 0 Å². The van der Waals surface area contributed by atoms with Gasteiger partial charge in [-0.1, -0.05) is 41.7 Å². The molecule has 4 rings (SSSR count). The molecule has 0 atom stereocenters. The maximum absolute atomic E-state index is 13.2. The summed E-state index contributed by atoms with van der Waals surface area (Å²) in [4.78, 5) is 24.1. The second-order valence-electron chi connectivity index (χ2n) is 7.21. The molecule has 0 fully saturated rings. The second kappa shape index (κ2) is 8.63. The molecular formula is C24H23N3O2S. The zero-order chi connectivity index (χ0) is 21.1. The molecule has 2 aromatic carbocycles. The molecule has 0 aliphatic rings. The van der Waals surface area contributed by atoms with Gasteiger partial charge in [-0.05, 0) is 61.7 Å². The van der Waals surface area contributed by atoms with Crippen LogP contribution in [0.4, 0.5) is 5.13 Å². The van der Waals surface area contributed by atoms with Crippen LogP contribution in [0.5, 0.6) is 5.75 Å². The number of fused-ring (bicyclic) bond motifs is 1. The molecule has 6 heteroatoms. The Bertz CT molecular complexity index is 1190. The Kier molecular flexibility index (Phi) is 5.77. The van der Waals surface area contributed by atoms with Crippen LogP contribution < -0.4 is 9.64 Å². The number of benzene rings is 2. The first-order valence-corrected chi connectivity index (χ1v) is 10.6. The number of aromatic nitrogens is 2. The van der Waals surface area contributed by atoms with E-state index in [2.05, 4.69) is 31.0 Å². The van der Waals surface area contributed by atoms with Crippen LogP contribution in [0.15, 0.2) is 60.8 Å². The molecule has 0 spiro atoms. The van der Waals surface area contributed by atoms with Gasteiger partial charge in [0.1, 0.15) is 5.75 Å². The standard InChI is InChI=1S/C24H23N3O2S/c1-16-11-12-21-23(18(16)3)26-24(30-21)27(14-19-9-6-7-13-25-19)22(28)15-29-20-10-5-4-8-17(20)2/h4-13H,14-15H2,1-3H3. The summed E-state index contributed by atoms with van der Waals surface area (Å²) in [6.45, 7) is 6.37. The number of thiazole rings is 1. The van der Waals surface area contributed by atoms with Crippen molar-refractivity contribution in [2.75, 3.05) is 11.5 Å². The number of rotatable bonds is 6. The summed E-state index contributed by atoms with van der Waals surface area (Å²) in [5, 5.41) is 0.655. The lowest BCUT2D eigenvalue weighted by atomic mass is 10.1. The number of ether oxygens (including phenoxy) is 1. The number of carbonyl (C=O) groups excluding carboxylic acids is 1. The van der Waals surface area contributed by atoms with Gasteiger partial charge in [-0.25, -0.2) is 4.98 Å². The molecule has 152 valence electrons. The van der Waals surface area contributed by atoms with Gasteiger partial charge in [0.2, 0.25) is 0 Å². The van der Waals surface area contributed by atoms with Gasteiger partial charge < -0.3 is 4.74 Å². The van der Waals surface area contributed by atoms with Crippen molar-refractivity contribution in [1.29, 1.82) is 0 Å². The number of hydrogen-bond acceptors (Lipinski definition) is 5. The molecule has 0 aliphatic heterocycles. The fourth-order valence-electron chi connectivity index (χ4n) is 3.18. The summed E-state index contributed by atoms with van der Waals surface area (Å²) >= 11 is 1.51. The predicted octanol–water partition coefficient (Wildman–Crippen LogP) is 5.23. The smallest absolute Gasteiger partial charge is 0.267 e. The Morgan fingerprint density at radius 2 is 1.80 bits per heavy atom. The maximum atomic E-state index is 13.2. The first-order chi connectivity index (χ1) is 14.5. The number of pyridine rings is 1. The van der Waals surface area contributed by atoms with Crippen molar-refractivity contribution in [3.05, 3.63) is 83.2 Å². The van der Waals surface area contributed by atoms with Gasteiger partial charge in [-0.3, -0.25) is 14.7 Å². The topological polar surface area (TPSA) is 55.3 Å². The number of amides is 1. The van der Waals surface area contributed by atoms with Crippen molar-refractivity contribution in [3.8, 4) is 5.75 Å². The van der Waals surface area contributed by atoms with Gasteiger partial charge in [0, 0.05) is 6.20 Å². The summed E-state index contributed by atoms with van der Waals surface area (Å²) < 4.78 is 6.88. The molecule has 4 aromatic rings. The van der Waals surface area contributed by atoms with Gasteiger partial charge in [0.15, 0.2) is 11.7 Å². The number of nitrogens with zero attached hydrogens (tertiary/aromatic N) is 3. The van der Waals surface area contributed by atoms with Crippen molar-refractivity contribution < 1.29 is 9.53 Å². The molecule has 5 nitrogen and oxygen atoms in total. The third kappa shape index (κ3) is 4.19. The minimum Gasteiger partial charge on any atom is -0.483 e. The first-order valence-electron chi connectivity index (χ1n) is 9.78. The Hall–Kier alpha value is -3.25. The molecule has 2 heterocycles. The zero-order valence-electron chi connectivity index (χ0n) is 17.3. The molecule has 30 heavy (non-hydrogen) atoms. The van der Waals surface area contributed by atoms with Gasteiger partial charge in [-0.2, -0.15) is 0 Å². The van der Waals surface area contributed by atoms with E-state index in [1.54, 1.807) is 11.1 Å². The Labute approximate surface area is 180 Å². The minimum absolute atomic E-state index is 0.0639. The monoisotopic (exact) mass is 417 g/mol. The number of aryl methyl sites for hydroxylation is 3. The fraction of sp³-hybridized carbons (Fsp3) is 0.208. The highest BCUT2D eigenvalue weighted by Crippen LogP contribution is 2.32. The van der Waals surface area contributed by atoms with E-state index in [0.717, 1.165) is 27.0 Å². The molecule has 0 radical (unpaired) electrons. The van der Waals surface area contributed by atoms with Crippen molar-refractivity contribution in [1.82, 2.24) is 9.97 Å². The van der Waals surface area contributed by atoms with E-state index < -0.39 is 0 Å². The van der Waals surface area contributed by atoms with Crippen molar-refractivity contribution in [2.45, 2.75) is 27.3 Å². The van der Waals surface area contributed by atoms with Crippen molar-refractivity contribution >= 4 is 32.6 Å². The Morgan fingerprint density at radius 1 is 1.00 bits per heavy atom. The lowest BCUT2D eigenvalue weighted by Crippen LogP contribution is -2.34. The lowest BCUT2D eigenvalue weighted by Gasteiger charge is -2.20. The molecule has 0 saturated heterocycles. The largest absolute Gasteiger partial charge is 0.483 e. The quantitative estimate of drug-likeness (QED) is 0.431. The summed E-state index contributed by atoms with van der Waals surface area (Å²) in [6.07, 6.45) is 1.73. The molecule has 0 saturated carbocycles. The second-order valence-corrected chi connectivity index (χ2v) is 8.21. The lowest BCUT2D eigenvalue weighted by molar-refractivity contribution is -0.120. The third-order valence-electron chi connectivity index (χ3n) is 5.10. The van der Waals surface area contributed by atoms with E-state index in [-0.39, 0.29) is 12.5 Å². The number of para-hydroxylation sites is 1. The Morgan fingerprint density at radius 3 is 2.57 bits per heavy atom. The van der Waals surface area contributed by atoms with Crippen LogP contribution in [0.1, 0.15) is 22.4 Å². The van der Waals surface area contributed by atoms with Crippen molar-refractivity contribution in [3.63, 3.8) is 0 Å².